The van der Waals surface area contributed by atoms with Crippen molar-refractivity contribution in [1.29, 1.82) is 0 Å². The molecule has 0 amide bonds. The van der Waals surface area contributed by atoms with Crippen LogP contribution in [0.2, 0.25) is 0 Å². The van der Waals surface area contributed by atoms with E-state index in [1.54, 1.807) is 18.7 Å². The minimum atomic E-state index is -0.466. The molecule has 6 nitrogen and oxygen atoms in total. The van der Waals surface area contributed by atoms with Crippen molar-refractivity contribution in [2.75, 3.05) is 13.7 Å². The second-order valence-electron chi connectivity index (χ2n) is 8.79. The Morgan fingerprint density at radius 1 is 0.944 bits per heavy atom. The number of aryl methyl sites for hydroxylation is 2. The van der Waals surface area contributed by atoms with E-state index in [4.69, 9.17) is 9.47 Å². The first-order valence-corrected chi connectivity index (χ1v) is 13.1. The summed E-state index contributed by atoms with van der Waals surface area (Å²) in [7, 11) is 1.64. The summed E-state index contributed by atoms with van der Waals surface area (Å²) >= 11 is 1.47. The Labute approximate surface area is 215 Å². The summed E-state index contributed by atoms with van der Waals surface area (Å²) in [6.45, 7) is 2.54. The Morgan fingerprint density at radius 3 is 2.39 bits per heavy atom. The maximum atomic E-state index is 12.6. The zero-order valence-corrected chi connectivity index (χ0v) is 21.4. The smallest absolute Gasteiger partial charge is 0.361 e. The van der Waals surface area contributed by atoms with E-state index in [1.807, 2.05) is 24.3 Å². The van der Waals surface area contributed by atoms with Gasteiger partial charge in [0.1, 0.15) is 10.8 Å². The molecule has 0 fully saturated rings. The third-order valence-corrected chi connectivity index (χ3v) is 7.51. The fourth-order valence-electron chi connectivity index (χ4n) is 4.48. The van der Waals surface area contributed by atoms with Gasteiger partial charge in [-0.3, -0.25) is 0 Å². The van der Waals surface area contributed by atoms with Crippen LogP contribution < -0.4 is 4.74 Å². The molecule has 4 aromatic rings. The first kappa shape index (κ1) is 24.1. The number of nitrogens with zero attached hydrogens (tertiary/aromatic N) is 3. The van der Waals surface area contributed by atoms with E-state index >= 15 is 0 Å². The maximum Gasteiger partial charge on any atom is 0.361 e. The van der Waals surface area contributed by atoms with Crippen molar-refractivity contribution in [3.63, 3.8) is 0 Å². The van der Waals surface area contributed by atoms with Gasteiger partial charge in [0.15, 0.2) is 0 Å². The van der Waals surface area contributed by atoms with E-state index in [2.05, 4.69) is 52.8 Å². The summed E-state index contributed by atoms with van der Waals surface area (Å²) in [5.41, 5.74) is 6.65. The van der Waals surface area contributed by atoms with Crippen molar-refractivity contribution in [2.45, 2.75) is 49.1 Å². The lowest BCUT2D eigenvalue weighted by atomic mass is 9.89. The number of esters is 1. The van der Waals surface area contributed by atoms with E-state index in [0.29, 0.717) is 11.6 Å². The standard InChI is InChI=1S/C29H29N3O3S/c1-3-35-29(33)27-28(32(31-30-27)19-20-8-14-25(34-2)15-9-20)36-26-16-12-22(13-17-26)24-11-10-21-6-4-5-7-23(21)18-24/h8-18H,3-7,19H2,1-2H3. The molecule has 0 saturated carbocycles. The number of carbonyl (C=O) groups excluding carboxylic acids is 1. The third-order valence-electron chi connectivity index (χ3n) is 6.40. The zero-order chi connectivity index (χ0) is 24.9. The molecule has 7 heteroatoms. The highest BCUT2D eigenvalue weighted by atomic mass is 32.2. The molecular weight excluding hydrogens is 470 g/mol. The van der Waals surface area contributed by atoms with Gasteiger partial charge in [0, 0.05) is 4.90 Å². The topological polar surface area (TPSA) is 66.2 Å². The number of methoxy groups -OCH3 is 1. The van der Waals surface area contributed by atoms with Crippen molar-refractivity contribution in [3.05, 3.63) is 89.1 Å². The molecule has 0 aliphatic heterocycles. The molecule has 0 radical (unpaired) electrons. The second-order valence-corrected chi connectivity index (χ2v) is 9.85. The number of hydrogen-bond donors (Lipinski definition) is 0. The molecule has 1 aliphatic rings. The van der Waals surface area contributed by atoms with Gasteiger partial charge >= 0.3 is 5.97 Å². The summed E-state index contributed by atoms with van der Waals surface area (Å²) in [5, 5.41) is 9.09. The van der Waals surface area contributed by atoms with Crippen molar-refractivity contribution in [3.8, 4) is 16.9 Å². The summed E-state index contributed by atoms with van der Waals surface area (Å²) in [5.74, 6) is 0.324. The predicted molar refractivity (Wildman–Crippen MR) is 141 cm³/mol. The number of aromatic nitrogens is 3. The number of carbonyl (C=O) groups is 1. The number of rotatable bonds is 8. The van der Waals surface area contributed by atoms with E-state index in [0.717, 1.165) is 16.2 Å². The first-order valence-electron chi connectivity index (χ1n) is 12.3. The highest BCUT2D eigenvalue weighted by molar-refractivity contribution is 7.99. The average Bonchev–Trinajstić information content (AvgIpc) is 3.31. The molecule has 0 bridgehead atoms. The maximum absolute atomic E-state index is 12.6. The highest BCUT2D eigenvalue weighted by Gasteiger charge is 2.22. The monoisotopic (exact) mass is 499 g/mol. The average molecular weight is 500 g/mol. The fraction of sp³-hybridized carbons (Fsp3) is 0.276. The van der Waals surface area contributed by atoms with Gasteiger partial charge in [-0.15, -0.1) is 5.10 Å². The largest absolute Gasteiger partial charge is 0.497 e. The lowest BCUT2D eigenvalue weighted by Crippen LogP contribution is -2.08. The molecule has 0 atom stereocenters. The van der Waals surface area contributed by atoms with Gasteiger partial charge in [0.2, 0.25) is 5.69 Å². The highest BCUT2D eigenvalue weighted by Crippen LogP contribution is 2.33. The van der Waals surface area contributed by atoms with Gasteiger partial charge in [-0.1, -0.05) is 59.4 Å². The summed E-state index contributed by atoms with van der Waals surface area (Å²) in [4.78, 5) is 13.6. The SMILES string of the molecule is CCOC(=O)c1nnn(Cc2ccc(OC)cc2)c1Sc1ccc(-c2ccc3c(c2)CCCC3)cc1. The zero-order valence-electron chi connectivity index (χ0n) is 20.6. The van der Waals surface area contributed by atoms with Gasteiger partial charge < -0.3 is 9.47 Å². The van der Waals surface area contributed by atoms with Crippen LogP contribution in [0.1, 0.15) is 46.9 Å². The molecular formula is C29H29N3O3S. The molecule has 1 heterocycles. The summed E-state index contributed by atoms with van der Waals surface area (Å²) in [6, 6.07) is 23.0. The molecule has 1 aliphatic carbocycles. The lowest BCUT2D eigenvalue weighted by molar-refractivity contribution is 0.0515. The van der Waals surface area contributed by atoms with Crippen molar-refractivity contribution in [1.82, 2.24) is 15.0 Å². The van der Waals surface area contributed by atoms with Crippen molar-refractivity contribution < 1.29 is 14.3 Å². The van der Waals surface area contributed by atoms with Crippen LogP contribution in [0.3, 0.4) is 0 Å². The Kier molecular flexibility index (Phi) is 7.37. The van der Waals surface area contributed by atoms with Crippen LogP contribution in [0.4, 0.5) is 0 Å². The molecule has 184 valence electrons. The number of hydrogen-bond acceptors (Lipinski definition) is 6. The molecule has 0 saturated heterocycles. The van der Waals surface area contributed by atoms with Gasteiger partial charge in [0.25, 0.3) is 0 Å². The second kappa shape index (κ2) is 11.0. The lowest BCUT2D eigenvalue weighted by Gasteiger charge is -2.16. The Morgan fingerprint density at radius 2 is 1.67 bits per heavy atom. The van der Waals surface area contributed by atoms with Gasteiger partial charge in [-0.25, -0.2) is 9.48 Å². The normalized spacial score (nSPS) is 12.7. The Hall–Kier alpha value is -3.58. The molecule has 0 spiro atoms. The Bertz CT molecular complexity index is 1350. The van der Waals surface area contributed by atoms with Crippen LogP contribution in [0.15, 0.2) is 76.7 Å². The molecule has 5 rings (SSSR count). The van der Waals surface area contributed by atoms with E-state index in [-0.39, 0.29) is 12.3 Å². The van der Waals surface area contributed by atoms with Crippen LogP contribution in [0.25, 0.3) is 11.1 Å². The van der Waals surface area contributed by atoms with Crippen LogP contribution in [-0.2, 0) is 24.1 Å². The third kappa shape index (κ3) is 5.31. The quantitative estimate of drug-likeness (QED) is 0.269. The van der Waals surface area contributed by atoms with E-state index in [9.17, 15) is 4.79 Å². The number of benzene rings is 3. The molecule has 36 heavy (non-hydrogen) atoms. The fourth-order valence-corrected chi connectivity index (χ4v) is 5.40. The van der Waals surface area contributed by atoms with Gasteiger partial charge in [0.05, 0.1) is 20.3 Å². The molecule has 3 aromatic carbocycles. The minimum Gasteiger partial charge on any atom is -0.497 e. The van der Waals surface area contributed by atoms with Crippen molar-refractivity contribution >= 4 is 17.7 Å². The van der Waals surface area contributed by atoms with Gasteiger partial charge in [-0.2, -0.15) is 0 Å². The predicted octanol–water partition coefficient (Wildman–Crippen LogP) is 6.21. The number of ether oxygens (including phenoxy) is 2. The molecule has 1 aromatic heterocycles. The Balaban J connectivity index is 1.40. The van der Waals surface area contributed by atoms with Crippen LogP contribution in [0.5, 0.6) is 5.75 Å². The first-order chi connectivity index (χ1) is 17.6. The molecule has 0 N–H and O–H groups in total. The minimum absolute atomic E-state index is 0.231. The van der Waals surface area contributed by atoms with E-state index in [1.165, 1.54) is 59.7 Å². The van der Waals surface area contributed by atoms with Crippen molar-refractivity contribution in [2.24, 2.45) is 0 Å². The van der Waals surface area contributed by atoms with Gasteiger partial charge in [-0.05, 0) is 84.7 Å². The van der Waals surface area contributed by atoms with Crippen LogP contribution in [0, 0.1) is 0 Å². The summed E-state index contributed by atoms with van der Waals surface area (Å²) < 4.78 is 12.2. The molecule has 0 unspecified atom stereocenters. The van der Waals surface area contributed by atoms with Crippen LogP contribution in [-0.4, -0.2) is 34.7 Å². The van der Waals surface area contributed by atoms with E-state index < -0.39 is 5.97 Å². The number of fused-ring (bicyclic) bond motifs is 1. The van der Waals surface area contributed by atoms with Crippen LogP contribution >= 0.6 is 11.8 Å². The summed E-state index contributed by atoms with van der Waals surface area (Å²) in [6.07, 6.45) is 4.91.